The molecular weight excluding hydrogens is 339 g/mol. The van der Waals surface area contributed by atoms with Gasteiger partial charge in [0.05, 0.1) is 0 Å². The first kappa shape index (κ1) is 17.7. The molecule has 2 heterocycles. The number of aryl methyl sites for hydroxylation is 1. The standard InChI is InChI=1S/C23H23FN2O/c1-26(16-22-11-8-19-4-2-3-5-23(19)27-22)15-17-12-20(14-25-13-17)18-6-9-21(24)10-7-18/h2-7,9-10,12-14,22H,8,11,15-16H2,1H3. The minimum absolute atomic E-state index is 0.207. The van der Waals surface area contributed by atoms with E-state index in [9.17, 15) is 4.39 Å². The molecule has 0 bridgehead atoms. The molecule has 0 saturated carbocycles. The van der Waals surface area contributed by atoms with Crippen LogP contribution in [0.3, 0.4) is 0 Å². The van der Waals surface area contributed by atoms with Gasteiger partial charge in [-0.25, -0.2) is 4.39 Å². The highest BCUT2D eigenvalue weighted by Gasteiger charge is 2.20. The lowest BCUT2D eigenvalue weighted by molar-refractivity contribution is 0.124. The first-order valence-electron chi connectivity index (χ1n) is 9.30. The second kappa shape index (κ2) is 7.89. The number of nitrogens with zero attached hydrogens (tertiary/aromatic N) is 2. The highest BCUT2D eigenvalue weighted by Crippen LogP contribution is 2.27. The van der Waals surface area contributed by atoms with Gasteiger partial charge in [0.1, 0.15) is 17.7 Å². The zero-order valence-electron chi connectivity index (χ0n) is 15.4. The Morgan fingerprint density at radius 3 is 2.74 bits per heavy atom. The van der Waals surface area contributed by atoms with Gasteiger partial charge in [0, 0.05) is 31.0 Å². The van der Waals surface area contributed by atoms with Crippen LogP contribution >= 0.6 is 0 Å². The first-order valence-corrected chi connectivity index (χ1v) is 9.30. The summed E-state index contributed by atoms with van der Waals surface area (Å²) < 4.78 is 19.3. The van der Waals surface area contributed by atoms with Gasteiger partial charge in [0.25, 0.3) is 0 Å². The Morgan fingerprint density at radius 2 is 1.89 bits per heavy atom. The normalized spacial score (nSPS) is 16.0. The van der Waals surface area contributed by atoms with Crippen molar-refractivity contribution < 1.29 is 9.13 Å². The maximum absolute atomic E-state index is 13.1. The molecule has 1 aliphatic heterocycles. The van der Waals surface area contributed by atoms with Crippen molar-refractivity contribution in [3.63, 3.8) is 0 Å². The minimum atomic E-state index is -0.225. The maximum atomic E-state index is 13.1. The van der Waals surface area contributed by atoms with E-state index in [4.69, 9.17) is 4.74 Å². The Bertz CT molecular complexity index is 910. The fourth-order valence-electron chi connectivity index (χ4n) is 3.61. The van der Waals surface area contributed by atoms with Gasteiger partial charge in [-0.15, -0.1) is 0 Å². The summed E-state index contributed by atoms with van der Waals surface area (Å²) in [6.07, 6.45) is 6.02. The molecule has 3 aromatic rings. The largest absolute Gasteiger partial charge is 0.489 e. The second-order valence-electron chi connectivity index (χ2n) is 7.17. The number of aromatic nitrogens is 1. The number of likely N-dealkylation sites (N-methyl/N-ethyl adjacent to an activating group) is 1. The first-order chi connectivity index (χ1) is 13.2. The monoisotopic (exact) mass is 362 g/mol. The fourth-order valence-corrected chi connectivity index (χ4v) is 3.61. The van der Waals surface area contributed by atoms with Crippen LogP contribution in [-0.2, 0) is 13.0 Å². The van der Waals surface area contributed by atoms with Gasteiger partial charge in [0.15, 0.2) is 0 Å². The molecule has 0 N–H and O–H groups in total. The molecule has 1 aromatic heterocycles. The Morgan fingerprint density at radius 1 is 1.07 bits per heavy atom. The van der Waals surface area contributed by atoms with E-state index in [0.29, 0.717) is 0 Å². The third kappa shape index (κ3) is 4.34. The molecule has 0 spiro atoms. The lowest BCUT2D eigenvalue weighted by atomic mass is 10.0. The van der Waals surface area contributed by atoms with Gasteiger partial charge in [0.2, 0.25) is 0 Å². The zero-order chi connectivity index (χ0) is 18.6. The van der Waals surface area contributed by atoms with E-state index < -0.39 is 0 Å². The molecule has 2 aromatic carbocycles. The predicted molar refractivity (Wildman–Crippen MR) is 105 cm³/mol. The van der Waals surface area contributed by atoms with Crippen LogP contribution in [0.4, 0.5) is 4.39 Å². The summed E-state index contributed by atoms with van der Waals surface area (Å²) in [5, 5.41) is 0. The number of para-hydroxylation sites is 1. The number of benzene rings is 2. The SMILES string of the molecule is CN(Cc1cncc(-c2ccc(F)cc2)c1)CC1CCc2ccccc2O1. The lowest BCUT2D eigenvalue weighted by Crippen LogP contribution is -2.35. The molecule has 1 aliphatic rings. The summed E-state index contributed by atoms with van der Waals surface area (Å²) in [7, 11) is 2.11. The number of hydrogen-bond acceptors (Lipinski definition) is 3. The molecule has 3 nitrogen and oxygen atoms in total. The third-order valence-corrected chi connectivity index (χ3v) is 4.94. The molecule has 1 unspecified atom stereocenters. The highest BCUT2D eigenvalue weighted by molar-refractivity contribution is 5.62. The van der Waals surface area contributed by atoms with E-state index in [-0.39, 0.29) is 11.9 Å². The van der Waals surface area contributed by atoms with Crippen molar-refractivity contribution in [1.82, 2.24) is 9.88 Å². The van der Waals surface area contributed by atoms with E-state index in [1.165, 1.54) is 17.7 Å². The van der Waals surface area contributed by atoms with Crippen molar-refractivity contribution in [1.29, 1.82) is 0 Å². The second-order valence-corrected chi connectivity index (χ2v) is 7.17. The van der Waals surface area contributed by atoms with E-state index in [0.717, 1.165) is 48.4 Å². The van der Waals surface area contributed by atoms with E-state index >= 15 is 0 Å². The van der Waals surface area contributed by atoms with Gasteiger partial charge in [-0.3, -0.25) is 9.88 Å². The highest BCUT2D eigenvalue weighted by atomic mass is 19.1. The average Bonchev–Trinajstić information content (AvgIpc) is 2.68. The number of hydrogen-bond donors (Lipinski definition) is 0. The van der Waals surface area contributed by atoms with Crippen molar-refractivity contribution in [2.24, 2.45) is 0 Å². The summed E-state index contributed by atoms with van der Waals surface area (Å²) in [6, 6.07) is 16.9. The van der Waals surface area contributed by atoms with Gasteiger partial charge in [-0.1, -0.05) is 30.3 Å². The quantitative estimate of drug-likeness (QED) is 0.657. The van der Waals surface area contributed by atoms with Crippen LogP contribution in [0.15, 0.2) is 67.0 Å². The number of halogens is 1. The number of pyridine rings is 1. The Kier molecular flexibility index (Phi) is 5.16. The smallest absolute Gasteiger partial charge is 0.123 e. The molecule has 1 atom stereocenters. The zero-order valence-corrected chi connectivity index (χ0v) is 15.4. The van der Waals surface area contributed by atoms with Crippen LogP contribution in [0.1, 0.15) is 17.5 Å². The predicted octanol–water partition coefficient (Wildman–Crippen LogP) is 4.71. The summed E-state index contributed by atoms with van der Waals surface area (Å²) in [6.45, 7) is 1.67. The van der Waals surface area contributed by atoms with Gasteiger partial charge in [-0.05, 0) is 60.8 Å². The van der Waals surface area contributed by atoms with Gasteiger partial charge >= 0.3 is 0 Å². The molecule has 0 saturated heterocycles. The minimum Gasteiger partial charge on any atom is -0.489 e. The number of ether oxygens (including phenoxy) is 1. The van der Waals surface area contributed by atoms with Crippen molar-refractivity contribution in [3.05, 3.63) is 83.9 Å². The summed E-state index contributed by atoms with van der Waals surface area (Å²) in [4.78, 5) is 6.63. The summed E-state index contributed by atoms with van der Waals surface area (Å²) >= 11 is 0. The van der Waals surface area contributed by atoms with Crippen molar-refractivity contribution >= 4 is 0 Å². The molecule has 0 aliphatic carbocycles. The third-order valence-electron chi connectivity index (χ3n) is 4.94. The van der Waals surface area contributed by atoms with E-state index in [1.807, 2.05) is 18.5 Å². The molecule has 138 valence electrons. The van der Waals surface area contributed by atoms with E-state index in [1.54, 1.807) is 12.1 Å². The molecule has 0 radical (unpaired) electrons. The fraction of sp³-hybridized carbons (Fsp3) is 0.261. The van der Waals surface area contributed by atoms with Crippen molar-refractivity contribution in [3.8, 4) is 16.9 Å². The van der Waals surface area contributed by atoms with E-state index in [2.05, 4.69) is 41.2 Å². The molecule has 27 heavy (non-hydrogen) atoms. The molecular formula is C23H23FN2O. The van der Waals surface area contributed by atoms with Gasteiger partial charge in [-0.2, -0.15) is 0 Å². The Labute approximate surface area is 159 Å². The van der Waals surface area contributed by atoms with Crippen molar-refractivity contribution in [2.45, 2.75) is 25.5 Å². The molecule has 0 fully saturated rings. The van der Waals surface area contributed by atoms with Crippen LogP contribution in [0, 0.1) is 5.82 Å². The van der Waals surface area contributed by atoms with Crippen LogP contribution in [0.2, 0.25) is 0 Å². The summed E-state index contributed by atoms with van der Waals surface area (Å²) in [5.74, 6) is 0.791. The number of rotatable bonds is 5. The van der Waals surface area contributed by atoms with Crippen LogP contribution < -0.4 is 4.74 Å². The van der Waals surface area contributed by atoms with Crippen LogP contribution in [-0.4, -0.2) is 29.6 Å². The lowest BCUT2D eigenvalue weighted by Gasteiger charge is -2.29. The van der Waals surface area contributed by atoms with Crippen LogP contribution in [0.25, 0.3) is 11.1 Å². The van der Waals surface area contributed by atoms with Crippen molar-refractivity contribution in [2.75, 3.05) is 13.6 Å². The Balaban J connectivity index is 1.39. The van der Waals surface area contributed by atoms with Gasteiger partial charge < -0.3 is 4.74 Å². The summed E-state index contributed by atoms with van der Waals surface area (Å²) in [5.41, 5.74) is 4.41. The molecule has 4 heteroatoms. The molecule has 4 rings (SSSR count). The maximum Gasteiger partial charge on any atom is 0.123 e. The topological polar surface area (TPSA) is 25.4 Å². The average molecular weight is 362 g/mol. The van der Waals surface area contributed by atoms with Crippen LogP contribution in [0.5, 0.6) is 5.75 Å². The Hall–Kier alpha value is -2.72. The molecule has 0 amide bonds. The number of fused-ring (bicyclic) bond motifs is 1.